The molecule has 0 atom stereocenters. The molecule has 0 unspecified atom stereocenters. The van der Waals surface area contributed by atoms with Crippen LogP contribution in [-0.2, 0) is 17.8 Å². The zero-order valence-electron chi connectivity index (χ0n) is 14.8. The number of methoxy groups -OCH3 is 1. The Hall–Kier alpha value is -2.33. The van der Waals surface area contributed by atoms with E-state index in [-0.39, 0.29) is 5.91 Å². The molecule has 132 valence electrons. The quantitative estimate of drug-likeness (QED) is 0.911. The average Bonchev–Trinajstić information content (AvgIpc) is 2.68. The number of para-hydroxylation sites is 1. The van der Waals surface area contributed by atoms with E-state index in [1.165, 1.54) is 11.1 Å². The highest BCUT2D eigenvalue weighted by Gasteiger charge is 2.24. The Morgan fingerprint density at radius 2 is 1.92 bits per heavy atom. The first-order valence-electron chi connectivity index (χ1n) is 8.90. The highest BCUT2D eigenvalue weighted by atomic mass is 16.5. The van der Waals surface area contributed by atoms with Crippen molar-refractivity contribution in [3.05, 3.63) is 65.2 Å². The summed E-state index contributed by atoms with van der Waals surface area (Å²) < 4.78 is 5.35. The van der Waals surface area contributed by atoms with E-state index in [0.717, 1.165) is 37.2 Å². The summed E-state index contributed by atoms with van der Waals surface area (Å²) >= 11 is 0. The fraction of sp³-hybridized carbons (Fsp3) is 0.381. The summed E-state index contributed by atoms with van der Waals surface area (Å²) in [6.45, 7) is 2.20. The number of carbonyl (C=O) groups is 1. The van der Waals surface area contributed by atoms with Gasteiger partial charge >= 0.3 is 0 Å². The summed E-state index contributed by atoms with van der Waals surface area (Å²) in [4.78, 5) is 14.6. The predicted octanol–water partition coefficient (Wildman–Crippen LogP) is 3.10. The van der Waals surface area contributed by atoms with Gasteiger partial charge in [0.05, 0.1) is 13.5 Å². The smallest absolute Gasteiger partial charge is 0.227 e. The van der Waals surface area contributed by atoms with Gasteiger partial charge in [-0.1, -0.05) is 42.5 Å². The van der Waals surface area contributed by atoms with Gasteiger partial charge < -0.3 is 15.4 Å². The molecule has 0 radical (unpaired) electrons. The van der Waals surface area contributed by atoms with E-state index in [1.54, 1.807) is 7.11 Å². The van der Waals surface area contributed by atoms with Crippen LogP contribution in [0.2, 0.25) is 0 Å². The molecule has 1 aliphatic rings. The third-order valence-corrected chi connectivity index (χ3v) is 5.04. The predicted molar refractivity (Wildman–Crippen MR) is 99.6 cm³/mol. The van der Waals surface area contributed by atoms with Crippen molar-refractivity contribution >= 4 is 5.91 Å². The number of piperidine rings is 1. The Labute approximate surface area is 149 Å². The maximum atomic E-state index is 12.6. The lowest BCUT2D eigenvalue weighted by Crippen LogP contribution is -2.38. The van der Waals surface area contributed by atoms with E-state index < -0.39 is 0 Å². The molecule has 0 spiro atoms. The molecule has 3 rings (SSSR count). The van der Waals surface area contributed by atoms with E-state index in [0.29, 0.717) is 18.9 Å². The van der Waals surface area contributed by atoms with Crippen molar-refractivity contribution < 1.29 is 9.53 Å². The Kier molecular flexibility index (Phi) is 5.71. The van der Waals surface area contributed by atoms with Gasteiger partial charge in [0.25, 0.3) is 0 Å². The maximum absolute atomic E-state index is 12.6. The van der Waals surface area contributed by atoms with Gasteiger partial charge in [-0.2, -0.15) is 0 Å². The second-order valence-electron chi connectivity index (χ2n) is 6.59. The standard InChI is InChI=1S/C21H26N2O2/c1-25-20-8-3-2-6-19(20)14-21(24)23-11-9-17(10-12-23)18-7-4-5-16(13-18)15-22/h2-8,13,17H,9-12,14-15,22H2,1H3. The molecule has 25 heavy (non-hydrogen) atoms. The van der Waals surface area contributed by atoms with Crippen LogP contribution in [0.3, 0.4) is 0 Å². The zero-order chi connectivity index (χ0) is 17.6. The van der Waals surface area contributed by atoms with Gasteiger partial charge in [-0.05, 0) is 36.0 Å². The van der Waals surface area contributed by atoms with Crippen LogP contribution >= 0.6 is 0 Å². The van der Waals surface area contributed by atoms with E-state index in [4.69, 9.17) is 10.5 Å². The molecule has 2 aromatic rings. The van der Waals surface area contributed by atoms with Crippen molar-refractivity contribution in [2.24, 2.45) is 5.73 Å². The first kappa shape index (κ1) is 17.5. The molecule has 4 nitrogen and oxygen atoms in total. The molecule has 2 N–H and O–H groups in total. The summed E-state index contributed by atoms with van der Waals surface area (Å²) in [6.07, 6.45) is 2.41. The number of likely N-dealkylation sites (tertiary alicyclic amines) is 1. The Morgan fingerprint density at radius 3 is 2.64 bits per heavy atom. The van der Waals surface area contributed by atoms with Crippen LogP contribution in [0.15, 0.2) is 48.5 Å². The van der Waals surface area contributed by atoms with E-state index >= 15 is 0 Å². The van der Waals surface area contributed by atoms with Gasteiger partial charge in [0.15, 0.2) is 0 Å². The third-order valence-electron chi connectivity index (χ3n) is 5.04. The Balaban J connectivity index is 1.59. The number of rotatable bonds is 5. The summed E-state index contributed by atoms with van der Waals surface area (Å²) in [5.41, 5.74) is 9.22. The van der Waals surface area contributed by atoms with Crippen molar-refractivity contribution in [1.82, 2.24) is 4.90 Å². The van der Waals surface area contributed by atoms with Crippen LogP contribution in [0.4, 0.5) is 0 Å². The van der Waals surface area contributed by atoms with Crippen LogP contribution in [0.5, 0.6) is 5.75 Å². The molecule has 1 amide bonds. The van der Waals surface area contributed by atoms with Gasteiger partial charge in [0.1, 0.15) is 5.75 Å². The van der Waals surface area contributed by atoms with Gasteiger partial charge in [0, 0.05) is 25.2 Å². The minimum atomic E-state index is 0.179. The van der Waals surface area contributed by atoms with Crippen LogP contribution in [0, 0.1) is 0 Å². The summed E-state index contributed by atoms with van der Waals surface area (Å²) in [6, 6.07) is 16.3. The van der Waals surface area contributed by atoms with Crippen molar-refractivity contribution in [2.75, 3.05) is 20.2 Å². The molecule has 1 aliphatic heterocycles. The van der Waals surface area contributed by atoms with Gasteiger partial charge in [0.2, 0.25) is 5.91 Å². The van der Waals surface area contributed by atoms with Crippen LogP contribution in [-0.4, -0.2) is 31.0 Å². The Bertz CT molecular complexity index is 721. The number of amides is 1. The molecule has 2 aromatic carbocycles. The Morgan fingerprint density at radius 1 is 1.16 bits per heavy atom. The first-order valence-corrected chi connectivity index (χ1v) is 8.90. The fourth-order valence-electron chi connectivity index (χ4n) is 3.56. The third kappa shape index (κ3) is 4.20. The number of hydrogen-bond acceptors (Lipinski definition) is 3. The van der Waals surface area contributed by atoms with Crippen LogP contribution < -0.4 is 10.5 Å². The maximum Gasteiger partial charge on any atom is 0.227 e. The van der Waals surface area contributed by atoms with Gasteiger partial charge in [-0.3, -0.25) is 4.79 Å². The molecule has 0 bridgehead atoms. The summed E-state index contributed by atoms with van der Waals surface area (Å²) in [7, 11) is 1.64. The lowest BCUT2D eigenvalue weighted by atomic mass is 9.88. The van der Waals surface area contributed by atoms with E-state index in [2.05, 4.69) is 24.3 Å². The largest absolute Gasteiger partial charge is 0.496 e. The highest BCUT2D eigenvalue weighted by molar-refractivity contribution is 5.79. The molecule has 0 aromatic heterocycles. The number of hydrogen-bond donors (Lipinski definition) is 1. The fourth-order valence-corrected chi connectivity index (χ4v) is 3.56. The highest BCUT2D eigenvalue weighted by Crippen LogP contribution is 2.29. The second-order valence-corrected chi connectivity index (χ2v) is 6.59. The van der Waals surface area contributed by atoms with Gasteiger partial charge in [-0.25, -0.2) is 0 Å². The molecule has 0 saturated carbocycles. The minimum absolute atomic E-state index is 0.179. The lowest BCUT2D eigenvalue weighted by Gasteiger charge is -2.32. The van der Waals surface area contributed by atoms with Crippen molar-refractivity contribution in [3.8, 4) is 5.75 Å². The molecular formula is C21H26N2O2. The number of ether oxygens (including phenoxy) is 1. The number of carbonyl (C=O) groups excluding carboxylic acids is 1. The topological polar surface area (TPSA) is 55.6 Å². The molecule has 4 heteroatoms. The van der Waals surface area contributed by atoms with Gasteiger partial charge in [-0.15, -0.1) is 0 Å². The average molecular weight is 338 g/mol. The molecule has 1 saturated heterocycles. The first-order chi connectivity index (χ1) is 12.2. The second kappa shape index (κ2) is 8.17. The number of nitrogens with two attached hydrogens (primary N) is 1. The summed E-state index contributed by atoms with van der Waals surface area (Å²) in [5.74, 6) is 1.48. The number of nitrogens with zero attached hydrogens (tertiary/aromatic N) is 1. The normalized spacial score (nSPS) is 15.2. The number of benzene rings is 2. The van der Waals surface area contributed by atoms with E-state index in [1.807, 2.05) is 29.2 Å². The minimum Gasteiger partial charge on any atom is -0.496 e. The molecular weight excluding hydrogens is 312 g/mol. The zero-order valence-corrected chi connectivity index (χ0v) is 14.8. The van der Waals surface area contributed by atoms with Crippen molar-refractivity contribution in [1.29, 1.82) is 0 Å². The van der Waals surface area contributed by atoms with Crippen LogP contribution in [0.25, 0.3) is 0 Å². The molecule has 0 aliphatic carbocycles. The van der Waals surface area contributed by atoms with Crippen LogP contribution in [0.1, 0.15) is 35.4 Å². The monoisotopic (exact) mass is 338 g/mol. The van der Waals surface area contributed by atoms with Crippen molar-refractivity contribution in [2.45, 2.75) is 31.7 Å². The summed E-state index contributed by atoms with van der Waals surface area (Å²) in [5, 5.41) is 0. The SMILES string of the molecule is COc1ccccc1CC(=O)N1CCC(c2cccc(CN)c2)CC1. The molecule has 1 heterocycles. The van der Waals surface area contributed by atoms with Crippen molar-refractivity contribution in [3.63, 3.8) is 0 Å². The molecule has 1 fully saturated rings. The lowest BCUT2D eigenvalue weighted by molar-refractivity contribution is -0.131. The van der Waals surface area contributed by atoms with E-state index in [9.17, 15) is 4.79 Å².